The van der Waals surface area contributed by atoms with Gasteiger partial charge in [0.05, 0.1) is 12.1 Å². The first-order valence-electron chi connectivity index (χ1n) is 8.35. The van der Waals surface area contributed by atoms with Gasteiger partial charge in [-0.15, -0.1) is 0 Å². The van der Waals surface area contributed by atoms with Gasteiger partial charge in [-0.2, -0.15) is 0 Å². The molecule has 0 aliphatic heterocycles. The number of aryl methyl sites for hydroxylation is 1. The van der Waals surface area contributed by atoms with E-state index in [-0.39, 0.29) is 12.1 Å². The highest BCUT2D eigenvalue weighted by atomic mass is 16.5. The Kier molecular flexibility index (Phi) is 6.68. The SMILES string of the molecule is CCc1ccc(CC(NN)C(OC)C2CCCCC2)cc1. The van der Waals surface area contributed by atoms with Crippen molar-refractivity contribution in [1.82, 2.24) is 5.43 Å². The summed E-state index contributed by atoms with van der Waals surface area (Å²) in [7, 11) is 1.82. The highest BCUT2D eigenvalue weighted by molar-refractivity contribution is 5.23. The molecular weight excluding hydrogens is 260 g/mol. The minimum atomic E-state index is 0.186. The summed E-state index contributed by atoms with van der Waals surface area (Å²) in [6, 6.07) is 9.05. The molecule has 1 aromatic rings. The van der Waals surface area contributed by atoms with E-state index in [0.717, 1.165) is 12.8 Å². The van der Waals surface area contributed by atoms with Gasteiger partial charge in [-0.1, -0.05) is 50.5 Å². The summed E-state index contributed by atoms with van der Waals surface area (Å²) in [6.45, 7) is 2.18. The summed E-state index contributed by atoms with van der Waals surface area (Å²) in [5.41, 5.74) is 5.71. The normalized spacial score (nSPS) is 19.4. The number of methoxy groups -OCH3 is 1. The molecule has 3 nitrogen and oxygen atoms in total. The van der Waals surface area contributed by atoms with E-state index in [0.29, 0.717) is 5.92 Å². The number of ether oxygens (including phenoxy) is 1. The molecule has 0 spiro atoms. The third-order valence-corrected chi connectivity index (χ3v) is 4.88. The maximum absolute atomic E-state index is 5.83. The van der Waals surface area contributed by atoms with Crippen molar-refractivity contribution in [3.63, 3.8) is 0 Å². The maximum atomic E-state index is 5.83. The molecule has 0 amide bonds. The lowest BCUT2D eigenvalue weighted by molar-refractivity contribution is 0.00827. The molecule has 0 heterocycles. The van der Waals surface area contributed by atoms with Gasteiger partial charge in [0.2, 0.25) is 0 Å². The number of hydrogen-bond acceptors (Lipinski definition) is 3. The summed E-state index contributed by atoms with van der Waals surface area (Å²) >= 11 is 0. The van der Waals surface area contributed by atoms with E-state index < -0.39 is 0 Å². The number of benzene rings is 1. The summed E-state index contributed by atoms with van der Waals surface area (Å²) in [5, 5.41) is 0. The molecule has 1 fully saturated rings. The average Bonchev–Trinajstić information content (AvgIpc) is 2.56. The van der Waals surface area contributed by atoms with Crippen molar-refractivity contribution >= 4 is 0 Å². The molecule has 3 heteroatoms. The van der Waals surface area contributed by atoms with E-state index in [1.54, 1.807) is 0 Å². The van der Waals surface area contributed by atoms with Gasteiger partial charge in [0, 0.05) is 7.11 Å². The Morgan fingerprint density at radius 3 is 2.29 bits per heavy atom. The van der Waals surface area contributed by atoms with Crippen LogP contribution in [-0.2, 0) is 17.6 Å². The van der Waals surface area contributed by atoms with Crippen LogP contribution in [0.25, 0.3) is 0 Å². The number of hydrazine groups is 1. The molecule has 3 N–H and O–H groups in total. The highest BCUT2D eigenvalue weighted by Gasteiger charge is 2.30. The molecule has 118 valence electrons. The molecule has 1 aliphatic carbocycles. The van der Waals surface area contributed by atoms with Crippen molar-refractivity contribution in [3.05, 3.63) is 35.4 Å². The molecule has 0 saturated heterocycles. The Balaban J connectivity index is 2.01. The minimum absolute atomic E-state index is 0.186. The van der Waals surface area contributed by atoms with Crippen LogP contribution in [0.2, 0.25) is 0 Å². The third-order valence-electron chi connectivity index (χ3n) is 4.88. The smallest absolute Gasteiger partial charge is 0.0769 e. The summed E-state index contributed by atoms with van der Waals surface area (Å²) < 4.78 is 5.82. The minimum Gasteiger partial charge on any atom is -0.379 e. The zero-order chi connectivity index (χ0) is 15.1. The number of nitrogens with two attached hydrogens (primary N) is 1. The van der Waals surface area contributed by atoms with Gasteiger partial charge >= 0.3 is 0 Å². The Hall–Kier alpha value is -0.900. The van der Waals surface area contributed by atoms with Crippen molar-refractivity contribution in [2.24, 2.45) is 11.8 Å². The molecule has 2 rings (SSSR count). The lowest BCUT2D eigenvalue weighted by Crippen LogP contribution is -2.49. The van der Waals surface area contributed by atoms with Gasteiger partial charge in [0.1, 0.15) is 0 Å². The fraction of sp³-hybridized carbons (Fsp3) is 0.667. The van der Waals surface area contributed by atoms with Crippen LogP contribution in [0.5, 0.6) is 0 Å². The molecule has 21 heavy (non-hydrogen) atoms. The van der Waals surface area contributed by atoms with E-state index in [4.69, 9.17) is 10.6 Å². The van der Waals surface area contributed by atoms with Crippen LogP contribution in [0.4, 0.5) is 0 Å². The summed E-state index contributed by atoms with van der Waals surface area (Å²) in [5.74, 6) is 6.47. The molecule has 2 unspecified atom stereocenters. The first kappa shape index (κ1) is 16.5. The Morgan fingerprint density at radius 2 is 1.76 bits per heavy atom. The second-order valence-corrected chi connectivity index (χ2v) is 6.25. The van der Waals surface area contributed by atoms with E-state index >= 15 is 0 Å². The Morgan fingerprint density at radius 1 is 1.14 bits per heavy atom. The second kappa shape index (κ2) is 8.52. The summed E-state index contributed by atoms with van der Waals surface area (Å²) in [4.78, 5) is 0. The van der Waals surface area contributed by atoms with Gasteiger partial charge in [0.15, 0.2) is 0 Å². The maximum Gasteiger partial charge on any atom is 0.0769 e. The zero-order valence-electron chi connectivity index (χ0n) is 13.5. The average molecular weight is 290 g/mol. The first-order chi connectivity index (χ1) is 10.3. The van der Waals surface area contributed by atoms with Gasteiger partial charge in [-0.25, -0.2) is 0 Å². The molecule has 2 atom stereocenters. The quantitative estimate of drug-likeness (QED) is 0.599. The first-order valence-corrected chi connectivity index (χ1v) is 8.35. The van der Waals surface area contributed by atoms with E-state index in [9.17, 15) is 0 Å². The fourth-order valence-corrected chi connectivity index (χ4v) is 3.58. The van der Waals surface area contributed by atoms with Crippen molar-refractivity contribution in [2.75, 3.05) is 7.11 Å². The molecule has 1 aromatic carbocycles. The fourth-order valence-electron chi connectivity index (χ4n) is 3.58. The Labute approximate surface area is 129 Å². The van der Waals surface area contributed by atoms with E-state index in [2.05, 4.69) is 36.6 Å². The van der Waals surface area contributed by atoms with E-state index in [1.165, 1.54) is 43.2 Å². The lowest BCUT2D eigenvalue weighted by atomic mass is 9.81. The largest absolute Gasteiger partial charge is 0.379 e. The number of rotatable bonds is 7. The monoisotopic (exact) mass is 290 g/mol. The zero-order valence-corrected chi connectivity index (χ0v) is 13.5. The molecule has 0 bridgehead atoms. The van der Waals surface area contributed by atoms with Gasteiger partial charge in [0.25, 0.3) is 0 Å². The molecular formula is C18H30N2O. The predicted molar refractivity (Wildman–Crippen MR) is 88.0 cm³/mol. The molecule has 0 aromatic heterocycles. The number of hydrogen-bond donors (Lipinski definition) is 2. The van der Waals surface area contributed by atoms with Crippen LogP contribution < -0.4 is 11.3 Å². The standard InChI is InChI=1S/C18H30N2O/c1-3-14-9-11-15(12-10-14)13-17(20-19)18(21-2)16-7-5-4-6-8-16/h9-12,16-18,20H,3-8,13,19H2,1-2H3. The predicted octanol–water partition coefficient (Wildman–Crippen LogP) is 3.22. The van der Waals surface area contributed by atoms with Crippen LogP contribution in [0, 0.1) is 5.92 Å². The topological polar surface area (TPSA) is 47.3 Å². The van der Waals surface area contributed by atoms with Gasteiger partial charge in [-0.3, -0.25) is 11.3 Å². The van der Waals surface area contributed by atoms with Gasteiger partial charge in [-0.05, 0) is 42.7 Å². The van der Waals surface area contributed by atoms with Gasteiger partial charge < -0.3 is 4.74 Å². The Bertz CT molecular complexity index is 398. The molecule has 0 radical (unpaired) electrons. The van der Waals surface area contributed by atoms with Crippen LogP contribution in [0.1, 0.15) is 50.2 Å². The van der Waals surface area contributed by atoms with Crippen molar-refractivity contribution < 1.29 is 4.74 Å². The van der Waals surface area contributed by atoms with Crippen molar-refractivity contribution in [2.45, 2.75) is 64.0 Å². The molecule has 1 aliphatic rings. The van der Waals surface area contributed by atoms with Crippen LogP contribution in [-0.4, -0.2) is 19.3 Å². The van der Waals surface area contributed by atoms with Crippen molar-refractivity contribution in [3.8, 4) is 0 Å². The van der Waals surface area contributed by atoms with Crippen LogP contribution in [0.3, 0.4) is 0 Å². The summed E-state index contributed by atoms with van der Waals surface area (Å²) in [6.07, 6.45) is 8.78. The third kappa shape index (κ3) is 4.53. The van der Waals surface area contributed by atoms with Crippen LogP contribution in [0.15, 0.2) is 24.3 Å². The number of nitrogens with one attached hydrogen (secondary N) is 1. The van der Waals surface area contributed by atoms with Crippen LogP contribution >= 0.6 is 0 Å². The second-order valence-electron chi connectivity index (χ2n) is 6.25. The highest BCUT2D eigenvalue weighted by Crippen LogP contribution is 2.30. The van der Waals surface area contributed by atoms with E-state index in [1.807, 2.05) is 7.11 Å². The molecule has 1 saturated carbocycles. The van der Waals surface area contributed by atoms with Crippen molar-refractivity contribution in [1.29, 1.82) is 0 Å². The lowest BCUT2D eigenvalue weighted by Gasteiger charge is -2.34.